The highest BCUT2D eigenvalue weighted by Crippen LogP contribution is 2.10. The van der Waals surface area contributed by atoms with E-state index < -0.39 is 0 Å². The molecular weight excluding hydrogens is 260 g/mol. The molecule has 0 bridgehead atoms. The molecule has 8 nitrogen and oxygen atoms in total. The summed E-state index contributed by atoms with van der Waals surface area (Å²) in [6.45, 7) is 2.47. The lowest BCUT2D eigenvalue weighted by molar-refractivity contribution is 0.199. The number of nitrogens with zero attached hydrogens (tertiary/aromatic N) is 5. The van der Waals surface area contributed by atoms with E-state index >= 15 is 0 Å². The van der Waals surface area contributed by atoms with Crippen molar-refractivity contribution < 1.29 is 9.47 Å². The number of hydrogen-bond donors (Lipinski definition) is 1. The van der Waals surface area contributed by atoms with Gasteiger partial charge < -0.3 is 14.8 Å². The van der Waals surface area contributed by atoms with Crippen LogP contribution in [0, 0.1) is 0 Å². The molecule has 0 aliphatic rings. The summed E-state index contributed by atoms with van der Waals surface area (Å²) in [6.07, 6.45) is 1.68. The molecule has 0 spiro atoms. The first-order valence-corrected chi connectivity index (χ1v) is 6.28. The maximum Gasteiger partial charge on any atom is 0.212 e. The zero-order valence-corrected chi connectivity index (χ0v) is 11.6. The van der Waals surface area contributed by atoms with Crippen LogP contribution < -0.4 is 10.1 Å². The summed E-state index contributed by atoms with van der Waals surface area (Å²) in [5, 5.41) is 14.8. The lowest BCUT2D eigenvalue weighted by Crippen LogP contribution is -2.19. The first-order valence-electron chi connectivity index (χ1n) is 6.28. The number of hydrogen-bond acceptors (Lipinski definition) is 7. The van der Waals surface area contributed by atoms with Crippen LogP contribution in [0.25, 0.3) is 0 Å². The number of tetrazole rings is 1. The van der Waals surface area contributed by atoms with Crippen molar-refractivity contribution in [2.75, 3.05) is 20.3 Å². The molecule has 1 N–H and O–H groups in total. The van der Waals surface area contributed by atoms with Crippen LogP contribution in [0.4, 0.5) is 0 Å². The number of nitrogens with one attached hydrogen (secondary N) is 1. The molecule has 0 saturated heterocycles. The fourth-order valence-electron chi connectivity index (χ4n) is 1.52. The Morgan fingerprint density at radius 1 is 1.35 bits per heavy atom. The summed E-state index contributed by atoms with van der Waals surface area (Å²) in [4.78, 5) is 5.70. The zero-order chi connectivity index (χ0) is 14.2. The Labute approximate surface area is 117 Å². The molecule has 0 radical (unpaired) electrons. The molecule has 20 heavy (non-hydrogen) atoms. The van der Waals surface area contributed by atoms with Gasteiger partial charge in [-0.2, -0.15) is 4.80 Å². The van der Waals surface area contributed by atoms with Crippen molar-refractivity contribution in [3.8, 4) is 5.75 Å². The minimum atomic E-state index is 0.279. The molecule has 2 heterocycles. The standard InChI is InChI=1S/C12H18N6O2/c1-18-16-12(15-17-18)9-20-11-4-3-10(14-8-11)7-13-5-6-19-2/h3-4,8,13H,5-7,9H2,1-2H3. The third-order valence-corrected chi connectivity index (χ3v) is 2.50. The number of rotatable bonds is 8. The molecule has 0 fully saturated rings. The van der Waals surface area contributed by atoms with Gasteiger partial charge in [-0.15, -0.1) is 10.2 Å². The van der Waals surface area contributed by atoms with Gasteiger partial charge in [0.05, 0.1) is 25.5 Å². The van der Waals surface area contributed by atoms with Gasteiger partial charge in [0.2, 0.25) is 5.82 Å². The fourth-order valence-corrected chi connectivity index (χ4v) is 1.52. The van der Waals surface area contributed by atoms with E-state index in [-0.39, 0.29) is 6.61 Å². The third-order valence-electron chi connectivity index (χ3n) is 2.50. The molecule has 0 aliphatic heterocycles. The minimum absolute atomic E-state index is 0.279. The van der Waals surface area contributed by atoms with Crippen molar-refractivity contribution in [2.24, 2.45) is 7.05 Å². The van der Waals surface area contributed by atoms with E-state index in [1.54, 1.807) is 20.4 Å². The van der Waals surface area contributed by atoms with E-state index in [1.807, 2.05) is 12.1 Å². The van der Waals surface area contributed by atoms with E-state index in [1.165, 1.54) is 4.80 Å². The molecule has 0 aromatic carbocycles. The molecular formula is C12H18N6O2. The number of methoxy groups -OCH3 is 1. The van der Waals surface area contributed by atoms with Gasteiger partial charge in [-0.3, -0.25) is 4.98 Å². The van der Waals surface area contributed by atoms with Crippen LogP contribution in [0.1, 0.15) is 11.5 Å². The summed E-state index contributed by atoms with van der Waals surface area (Å²) in [5.74, 6) is 1.22. The van der Waals surface area contributed by atoms with Crippen LogP contribution in [-0.2, 0) is 24.9 Å². The predicted molar refractivity (Wildman–Crippen MR) is 70.9 cm³/mol. The van der Waals surface area contributed by atoms with Gasteiger partial charge in [0.15, 0.2) is 6.61 Å². The van der Waals surface area contributed by atoms with Crippen LogP contribution in [0.5, 0.6) is 5.75 Å². The number of aryl methyl sites for hydroxylation is 1. The topological polar surface area (TPSA) is 87.0 Å². The monoisotopic (exact) mass is 278 g/mol. The second-order valence-corrected chi connectivity index (χ2v) is 4.14. The number of pyridine rings is 1. The average molecular weight is 278 g/mol. The van der Waals surface area contributed by atoms with Crippen LogP contribution >= 0.6 is 0 Å². The van der Waals surface area contributed by atoms with E-state index in [0.717, 1.165) is 12.2 Å². The summed E-state index contributed by atoms with van der Waals surface area (Å²) >= 11 is 0. The van der Waals surface area contributed by atoms with E-state index in [0.29, 0.717) is 24.7 Å². The lowest BCUT2D eigenvalue weighted by atomic mass is 10.3. The molecule has 8 heteroatoms. The van der Waals surface area contributed by atoms with Gasteiger partial charge in [-0.25, -0.2) is 0 Å². The van der Waals surface area contributed by atoms with Gasteiger partial charge >= 0.3 is 0 Å². The predicted octanol–water partition coefficient (Wildman–Crippen LogP) is -0.0799. The van der Waals surface area contributed by atoms with Gasteiger partial charge in [0, 0.05) is 20.2 Å². The number of aromatic nitrogens is 5. The third kappa shape index (κ3) is 4.56. The molecule has 0 unspecified atom stereocenters. The summed E-state index contributed by atoms with van der Waals surface area (Å²) in [7, 11) is 3.39. The van der Waals surface area contributed by atoms with Gasteiger partial charge in [0.25, 0.3) is 0 Å². The van der Waals surface area contributed by atoms with E-state index in [4.69, 9.17) is 9.47 Å². The summed E-state index contributed by atoms with van der Waals surface area (Å²) in [5.41, 5.74) is 0.950. The maximum atomic E-state index is 5.52. The molecule has 0 amide bonds. The van der Waals surface area contributed by atoms with Gasteiger partial charge in [-0.05, 0) is 17.3 Å². The zero-order valence-electron chi connectivity index (χ0n) is 11.6. The van der Waals surface area contributed by atoms with Crippen molar-refractivity contribution in [1.29, 1.82) is 0 Å². The highest BCUT2D eigenvalue weighted by molar-refractivity contribution is 5.19. The Kier molecular flexibility index (Phi) is 5.39. The average Bonchev–Trinajstić information content (AvgIpc) is 2.88. The Balaban J connectivity index is 1.76. The minimum Gasteiger partial charge on any atom is -0.484 e. The second-order valence-electron chi connectivity index (χ2n) is 4.14. The Hall–Kier alpha value is -2.06. The Morgan fingerprint density at radius 3 is 2.90 bits per heavy atom. The molecule has 108 valence electrons. The second kappa shape index (κ2) is 7.51. The largest absolute Gasteiger partial charge is 0.484 e. The van der Waals surface area contributed by atoms with Gasteiger partial charge in [-0.1, -0.05) is 0 Å². The van der Waals surface area contributed by atoms with Crippen molar-refractivity contribution in [3.63, 3.8) is 0 Å². The summed E-state index contributed by atoms with van der Waals surface area (Å²) < 4.78 is 10.5. The molecule has 2 aromatic heterocycles. The first-order chi connectivity index (χ1) is 9.78. The molecule has 0 atom stereocenters. The molecule has 2 rings (SSSR count). The Morgan fingerprint density at radius 2 is 2.25 bits per heavy atom. The van der Waals surface area contributed by atoms with Crippen LogP contribution in [-0.4, -0.2) is 45.5 Å². The highest BCUT2D eigenvalue weighted by atomic mass is 16.5. The SMILES string of the molecule is COCCNCc1ccc(OCc2nnn(C)n2)cn1. The Bertz CT molecular complexity index is 513. The molecule has 0 aliphatic carbocycles. The van der Waals surface area contributed by atoms with Crippen LogP contribution in [0.2, 0.25) is 0 Å². The van der Waals surface area contributed by atoms with Crippen molar-refractivity contribution in [1.82, 2.24) is 30.5 Å². The normalized spacial score (nSPS) is 10.7. The van der Waals surface area contributed by atoms with Crippen LogP contribution in [0.3, 0.4) is 0 Å². The quantitative estimate of drug-likeness (QED) is 0.676. The molecule has 2 aromatic rings. The maximum absolute atomic E-state index is 5.52. The summed E-state index contributed by atoms with van der Waals surface area (Å²) in [6, 6.07) is 3.79. The fraction of sp³-hybridized carbons (Fsp3) is 0.500. The smallest absolute Gasteiger partial charge is 0.212 e. The highest BCUT2D eigenvalue weighted by Gasteiger charge is 2.02. The van der Waals surface area contributed by atoms with Crippen LogP contribution in [0.15, 0.2) is 18.3 Å². The lowest BCUT2D eigenvalue weighted by Gasteiger charge is -2.05. The van der Waals surface area contributed by atoms with Gasteiger partial charge in [0.1, 0.15) is 5.75 Å². The van der Waals surface area contributed by atoms with Crippen molar-refractivity contribution in [2.45, 2.75) is 13.2 Å². The van der Waals surface area contributed by atoms with Crippen molar-refractivity contribution in [3.05, 3.63) is 29.8 Å². The van der Waals surface area contributed by atoms with Crippen molar-refractivity contribution >= 4 is 0 Å². The van der Waals surface area contributed by atoms with E-state index in [2.05, 4.69) is 25.7 Å². The molecule has 0 saturated carbocycles. The first kappa shape index (κ1) is 14.4. The number of ether oxygens (including phenoxy) is 2. The van der Waals surface area contributed by atoms with E-state index in [9.17, 15) is 0 Å².